The number of alkyl halides is 3. The van der Waals surface area contributed by atoms with Crippen molar-refractivity contribution in [1.82, 2.24) is 9.97 Å². The molecular weight excluding hydrogens is 491 g/mol. The van der Waals surface area contributed by atoms with Gasteiger partial charge in [0, 0.05) is 42.8 Å². The van der Waals surface area contributed by atoms with Gasteiger partial charge in [0.2, 0.25) is 16.0 Å². The quantitative estimate of drug-likeness (QED) is 0.533. The summed E-state index contributed by atoms with van der Waals surface area (Å²) in [7, 11) is -3.38. The number of aromatic nitrogens is 2. The van der Waals surface area contributed by atoms with E-state index in [1.165, 1.54) is 24.5 Å². The maximum absolute atomic E-state index is 13.4. The first kappa shape index (κ1) is 24.5. The molecule has 1 saturated heterocycles. The van der Waals surface area contributed by atoms with Gasteiger partial charge >= 0.3 is 6.18 Å². The van der Waals surface area contributed by atoms with E-state index in [0.717, 1.165) is 42.7 Å². The van der Waals surface area contributed by atoms with Gasteiger partial charge in [-0.1, -0.05) is 24.3 Å². The van der Waals surface area contributed by atoms with Crippen molar-refractivity contribution in [3.8, 4) is 11.1 Å². The number of nitrogens with one attached hydrogen (secondary N) is 1. The van der Waals surface area contributed by atoms with Crippen LogP contribution in [0.25, 0.3) is 11.1 Å². The number of sulfonamides is 1. The lowest BCUT2D eigenvalue weighted by Crippen LogP contribution is -2.44. The minimum atomic E-state index is -4.46. The zero-order chi connectivity index (χ0) is 25.7. The summed E-state index contributed by atoms with van der Waals surface area (Å²) in [6, 6.07) is 10.7. The lowest BCUT2D eigenvalue weighted by atomic mass is 9.73. The number of piperidine rings is 1. The number of hydrogen-bond acceptors (Lipinski definition) is 6. The number of nitrogens with two attached hydrogens (primary N) is 1. The van der Waals surface area contributed by atoms with Crippen LogP contribution < -0.4 is 15.4 Å². The Hall–Kier alpha value is -3.18. The van der Waals surface area contributed by atoms with Crippen molar-refractivity contribution >= 4 is 21.7 Å². The molecule has 0 bridgehead atoms. The van der Waals surface area contributed by atoms with Gasteiger partial charge in [0.25, 0.3) is 0 Å². The Morgan fingerprint density at radius 3 is 2.39 bits per heavy atom. The molecule has 2 aromatic carbocycles. The van der Waals surface area contributed by atoms with E-state index in [1.54, 1.807) is 12.1 Å². The Morgan fingerprint density at radius 2 is 1.75 bits per heavy atom. The van der Waals surface area contributed by atoms with Gasteiger partial charge in [-0.05, 0) is 59.6 Å². The van der Waals surface area contributed by atoms with Crippen LogP contribution in [0.1, 0.15) is 35.6 Å². The maximum Gasteiger partial charge on any atom is 0.417 e. The van der Waals surface area contributed by atoms with E-state index in [-0.39, 0.29) is 17.0 Å². The molecule has 7 nitrogen and oxygen atoms in total. The summed E-state index contributed by atoms with van der Waals surface area (Å²) in [6.45, 7) is 1.32. The Morgan fingerprint density at radius 1 is 1.08 bits per heavy atom. The molecule has 36 heavy (non-hydrogen) atoms. The molecule has 11 heteroatoms. The van der Waals surface area contributed by atoms with E-state index in [2.05, 4.69) is 14.7 Å². The Bertz CT molecular complexity index is 1390. The van der Waals surface area contributed by atoms with Crippen molar-refractivity contribution in [3.05, 3.63) is 71.5 Å². The predicted molar refractivity (Wildman–Crippen MR) is 132 cm³/mol. The van der Waals surface area contributed by atoms with Crippen molar-refractivity contribution in [3.63, 3.8) is 0 Å². The molecule has 0 saturated carbocycles. The first-order valence-corrected chi connectivity index (χ1v) is 13.4. The number of fused-ring (bicyclic) bond motifs is 1. The highest BCUT2D eigenvalue weighted by Gasteiger charge is 2.46. The highest BCUT2D eigenvalue weighted by molar-refractivity contribution is 7.92. The van der Waals surface area contributed by atoms with Crippen LogP contribution in [0, 0.1) is 5.41 Å². The van der Waals surface area contributed by atoms with Gasteiger partial charge in [-0.3, -0.25) is 4.72 Å². The molecule has 1 atom stereocenters. The van der Waals surface area contributed by atoms with Crippen LogP contribution in [0.2, 0.25) is 0 Å². The molecule has 0 amide bonds. The van der Waals surface area contributed by atoms with Crippen molar-refractivity contribution in [2.45, 2.75) is 31.5 Å². The SMILES string of the molecule is CS(=O)(=O)Nc1ccc2c(c1)[C@@H](N)C1(CCN(c3ncc(-c4ccccc4C(F)(F)F)cn3)CC1)C2. The molecule has 2 aliphatic rings. The van der Waals surface area contributed by atoms with Gasteiger partial charge in [0.1, 0.15) is 0 Å². The van der Waals surface area contributed by atoms with Crippen molar-refractivity contribution < 1.29 is 21.6 Å². The predicted octanol–water partition coefficient (Wildman–Crippen LogP) is 4.38. The maximum atomic E-state index is 13.4. The second-order valence-electron chi connectivity index (χ2n) is 9.61. The third-order valence-electron chi connectivity index (χ3n) is 7.21. The van der Waals surface area contributed by atoms with Gasteiger partial charge in [-0.25, -0.2) is 18.4 Å². The summed E-state index contributed by atoms with van der Waals surface area (Å²) in [5.41, 5.74) is 8.77. The van der Waals surface area contributed by atoms with Crippen LogP contribution in [0.4, 0.5) is 24.8 Å². The Labute approximate surface area is 207 Å². The smallest absolute Gasteiger partial charge is 0.341 e. The zero-order valence-corrected chi connectivity index (χ0v) is 20.4. The monoisotopic (exact) mass is 517 g/mol. The number of anilines is 2. The van der Waals surface area contributed by atoms with Crippen LogP contribution in [-0.2, 0) is 22.6 Å². The molecule has 3 N–H and O–H groups in total. The largest absolute Gasteiger partial charge is 0.417 e. The number of rotatable bonds is 4. The van der Waals surface area contributed by atoms with E-state index in [4.69, 9.17) is 5.73 Å². The molecule has 0 radical (unpaired) electrons. The van der Waals surface area contributed by atoms with Gasteiger partial charge in [-0.15, -0.1) is 0 Å². The molecule has 5 rings (SSSR count). The lowest BCUT2D eigenvalue weighted by Gasteiger charge is -2.42. The summed E-state index contributed by atoms with van der Waals surface area (Å²) < 4.78 is 65.9. The van der Waals surface area contributed by atoms with E-state index >= 15 is 0 Å². The molecule has 0 unspecified atom stereocenters. The molecular formula is C25H26F3N5O2S. The first-order chi connectivity index (χ1) is 17.0. The van der Waals surface area contributed by atoms with Gasteiger partial charge in [0.05, 0.1) is 11.8 Å². The minimum absolute atomic E-state index is 0.0496. The minimum Gasteiger partial charge on any atom is -0.341 e. The standard InChI is InChI=1S/C25H26F3N5O2S/c1-36(34,35)32-18-7-6-16-13-24(22(29)20(16)12-18)8-10-33(11-9-24)23-30-14-17(15-31-23)19-4-2-3-5-21(19)25(26,27)28/h2-7,12,14-15,22,32H,8-11,13,29H2,1H3/t22-/m1/s1. The number of nitrogens with zero attached hydrogens (tertiary/aromatic N) is 3. The summed E-state index contributed by atoms with van der Waals surface area (Å²) in [4.78, 5) is 10.8. The molecule has 1 aliphatic carbocycles. The molecule has 2 heterocycles. The zero-order valence-electron chi connectivity index (χ0n) is 19.6. The average molecular weight is 518 g/mol. The molecule has 1 fully saturated rings. The van der Waals surface area contributed by atoms with Crippen molar-refractivity contribution in [2.24, 2.45) is 11.1 Å². The summed E-state index contributed by atoms with van der Waals surface area (Å²) in [6.07, 6.45) is 1.91. The van der Waals surface area contributed by atoms with Crippen LogP contribution in [0.5, 0.6) is 0 Å². The van der Waals surface area contributed by atoms with Crippen LogP contribution in [-0.4, -0.2) is 37.7 Å². The molecule has 3 aromatic rings. The fourth-order valence-corrected chi connectivity index (χ4v) is 5.94. The fraction of sp³-hybridized carbons (Fsp3) is 0.360. The summed E-state index contributed by atoms with van der Waals surface area (Å²) in [5, 5.41) is 0. The number of benzene rings is 2. The molecule has 190 valence electrons. The van der Waals surface area contributed by atoms with Gasteiger partial charge < -0.3 is 10.6 Å². The van der Waals surface area contributed by atoms with E-state index in [1.807, 2.05) is 17.0 Å². The van der Waals surface area contributed by atoms with Gasteiger partial charge in [-0.2, -0.15) is 13.2 Å². The normalized spacial score (nSPS) is 19.4. The Balaban J connectivity index is 1.30. The van der Waals surface area contributed by atoms with Crippen molar-refractivity contribution in [2.75, 3.05) is 29.0 Å². The molecule has 1 aliphatic heterocycles. The van der Waals surface area contributed by atoms with E-state index in [0.29, 0.717) is 30.3 Å². The van der Waals surface area contributed by atoms with Crippen LogP contribution in [0.15, 0.2) is 54.9 Å². The second kappa shape index (κ2) is 8.74. The third kappa shape index (κ3) is 4.64. The van der Waals surface area contributed by atoms with Crippen LogP contribution >= 0.6 is 0 Å². The highest BCUT2D eigenvalue weighted by atomic mass is 32.2. The highest BCUT2D eigenvalue weighted by Crippen LogP contribution is 2.51. The molecule has 1 aromatic heterocycles. The third-order valence-corrected chi connectivity index (χ3v) is 7.82. The number of halogens is 3. The second-order valence-corrected chi connectivity index (χ2v) is 11.4. The summed E-state index contributed by atoms with van der Waals surface area (Å²) in [5.74, 6) is 0.474. The summed E-state index contributed by atoms with van der Waals surface area (Å²) >= 11 is 0. The topological polar surface area (TPSA) is 101 Å². The van der Waals surface area contributed by atoms with Crippen LogP contribution in [0.3, 0.4) is 0 Å². The fourth-order valence-electron chi connectivity index (χ4n) is 5.39. The Kier molecular flexibility index (Phi) is 5.95. The lowest BCUT2D eigenvalue weighted by molar-refractivity contribution is -0.137. The van der Waals surface area contributed by atoms with Gasteiger partial charge in [0.15, 0.2) is 0 Å². The average Bonchev–Trinajstić information content (AvgIpc) is 3.09. The van der Waals surface area contributed by atoms with E-state index < -0.39 is 21.8 Å². The number of hydrogen-bond donors (Lipinski definition) is 2. The van der Waals surface area contributed by atoms with E-state index in [9.17, 15) is 21.6 Å². The van der Waals surface area contributed by atoms with Crippen molar-refractivity contribution in [1.29, 1.82) is 0 Å². The first-order valence-electron chi connectivity index (χ1n) is 11.5. The molecule has 1 spiro atoms.